The molecule has 2 amide bonds. The first kappa shape index (κ1) is 19.0. The van der Waals surface area contributed by atoms with E-state index in [1.165, 1.54) is 0 Å². The van der Waals surface area contributed by atoms with E-state index in [4.69, 9.17) is 14.9 Å². The molecule has 7 nitrogen and oxygen atoms in total. The molecule has 29 heavy (non-hydrogen) atoms. The standard InChI is InChI=1S/C22H23N3O4/c23-18(12-17-11-15-5-1-4-8-20(15)29-17)22(27)24-9-10-25-13-16-6-2-3-7-19(16)28-14-21(25)26/h1-8,11,18H,9-10,12-14,23H2,(H,24,27). The molecule has 0 radical (unpaired) electrons. The average molecular weight is 393 g/mol. The van der Waals surface area contributed by atoms with E-state index in [-0.39, 0.29) is 18.4 Å². The third kappa shape index (κ3) is 4.41. The van der Waals surface area contributed by atoms with Crippen molar-refractivity contribution in [1.29, 1.82) is 0 Å². The van der Waals surface area contributed by atoms with Crippen LogP contribution in [0, 0.1) is 0 Å². The van der Waals surface area contributed by atoms with Crippen LogP contribution in [0.15, 0.2) is 59.0 Å². The molecule has 0 saturated heterocycles. The van der Waals surface area contributed by atoms with Crippen molar-refractivity contribution in [3.05, 3.63) is 65.9 Å². The fourth-order valence-electron chi connectivity index (χ4n) is 3.40. The maximum absolute atomic E-state index is 12.3. The van der Waals surface area contributed by atoms with Crippen molar-refractivity contribution in [3.8, 4) is 5.75 Å². The van der Waals surface area contributed by atoms with Crippen LogP contribution >= 0.6 is 0 Å². The van der Waals surface area contributed by atoms with Crippen molar-refractivity contribution in [3.63, 3.8) is 0 Å². The van der Waals surface area contributed by atoms with E-state index in [1.807, 2.05) is 54.6 Å². The van der Waals surface area contributed by atoms with Crippen LogP contribution in [-0.2, 0) is 22.6 Å². The Hall–Kier alpha value is -3.32. The van der Waals surface area contributed by atoms with Crippen LogP contribution in [-0.4, -0.2) is 42.5 Å². The van der Waals surface area contributed by atoms with Crippen molar-refractivity contribution in [2.75, 3.05) is 19.7 Å². The Morgan fingerprint density at radius 2 is 1.97 bits per heavy atom. The molecule has 1 unspecified atom stereocenters. The molecule has 150 valence electrons. The number of hydrogen-bond acceptors (Lipinski definition) is 5. The fourth-order valence-corrected chi connectivity index (χ4v) is 3.40. The second kappa shape index (κ2) is 8.36. The minimum absolute atomic E-state index is 0.00345. The van der Waals surface area contributed by atoms with Crippen molar-refractivity contribution in [2.24, 2.45) is 5.73 Å². The first-order valence-electron chi connectivity index (χ1n) is 9.59. The Balaban J connectivity index is 1.29. The molecule has 1 aliphatic rings. The number of nitrogens with zero attached hydrogens (tertiary/aromatic N) is 1. The highest BCUT2D eigenvalue weighted by Crippen LogP contribution is 2.22. The molecular weight excluding hydrogens is 370 g/mol. The van der Waals surface area contributed by atoms with Gasteiger partial charge < -0.3 is 25.1 Å². The summed E-state index contributed by atoms with van der Waals surface area (Å²) < 4.78 is 11.3. The molecule has 2 heterocycles. The van der Waals surface area contributed by atoms with Crippen LogP contribution < -0.4 is 15.8 Å². The summed E-state index contributed by atoms with van der Waals surface area (Å²) in [6.45, 7) is 1.16. The van der Waals surface area contributed by atoms with Gasteiger partial charge in [-0.3, -0.25) is 9.59 Å². The maximum Gasteiger partial charge on any atom is 0.260 e. The van der Waals surface area contributed by atoms with Gasteiger partial charge in [-0.05, 0) is 18.2 Å². The Labute approximate surface area is 168 Å². The monoisotopic (exact) mass is 393 g/mol. The summed E-state index contributed by atoms with van der Waals surface area (Å²) in [5.41, 5.74) is 7.76. The normalized spacial score (nSPS) is 14.8. The number of rotatable bonds is 6. The number of carbonyl (C=O) groups excluding carboxylic acids is 2. The van der Waals surface area contributed by atoms with E-state index < -0.39 is 6.04 Å². The van der Waals surface area contributed by atoms with Gasteiger partial charge in [0.2, 0.25) is 5.91 Å². The van der Waals surface area contributed by atoms with Gasteiger partial charge in [-0.15, -0.1) is 0 Å². The summed E-state index contributed by atoms with van der Waals surface area (Å²) in [5.74, 6) is 1.01. The second-order valence-electron chi connectivity index (χ2n) is 7.06. The van der Waals surface area contributed by atoms with Crippen molar-refractivity contribution in [2.45, 2.75) is 19.0 Å². The zero-order valence-corrected chi connectivity index (χ0v) is 16.0. The number of amides is 2. The number of furan rings is 1. The van der Waals surface area contributed by atoms with Crippen molar-refractivity contribution >= 4 is 22.8 Å². The molecule has 0 fully saturated rings. The second-order valence-corrected chi connectivity index (χ2v) is 7.06. The number of hydrogen-bond donors (Lipinski definition) is 2. The zero-order chi connectivity index (χ0) is 20.2. The molecule has 4 rings (SSSR count). The minimum atomic E-state index is -0.723. The summed E-state index contributed by atoms with van der Waals surface area (Å²) in [7, 11) is 0. The van der Waals surface area contributed by atoms with Crippen LogP contribution in [0.25, 0.3) is 11.0 Å². The predicted octanol–water partition coefficient (Wildman–Crippen LogP) is 1.84. The molecule has 0 bridgehead atoms. The van der Waals surface area contributed by atoms with E-state index >= 15 is 0 Å². The summed E-state index contributed by atoms with van der Waals surface area (Å²) >= 11 is 0. The average Bonchev–Trinajstić information content (AvgIpc) is 3.06. The summed E-state index contributed by atoms with van der Waals surface area (Å²) in [4.78, 5) is 26.3. The predicted molar refractivity (Wildman–Crippen MR) is 108 cm³/mol. The Kier molecular flexibility index (Phi) is 5.48. The summed E-state index contributed by atoms with van der Waals surface area (Å²) in [5, 5.41) is 3.79. The van der Waals surface area contributed by atoms with Crippen molar-refractivity contribution < 1.29 is 18.7 Å². The molecule has 3 aromatic rings. The lowest BCUT2D eigenvalue weighted by Crippen LogP contribution is -2.45. The Morgan fingerprint density at radius 3 is 2.83 bits per heavy atom. The lowest BCUT2D eigenvalue weighted by Gasteiger charge is -2.20. The largest absolute Gasteiger partial charge is 0.483 e. The molecule has 1 aliphatic heterocycles. The number of nitrogens with two attached hydrogens (primary N) is 1. The van der Waals surface area contributed by atoms with Gasteiger partial charge >= 0.3 is 0 Å². The van der Waals surface area contributed by atoms with Gasteiger partial charge in [-0.1, -0.05) is 36.4 Å². The first-order chi connectivity index (χ1) is 14.1. The maximum atomic E-state index is 12.3. The summed E-state index contributed by atoms with van der Waals surface area (Å²) in [6.07, 6.45) is 0.310. The molecule has 1 aromatic heterocycles. The van der Waals surface area contributed by atoms with Crippen LogP contribution in [0.1, 0.15) is 11.3 Å². The number of fused-ring (bicyclic) bond motifs is 2. The Morgan fingerprint density at radius 1 is 1.17 bits per heavy atom. The molecule has 3 N–H and O–H groups in total. The number of nitrogens with one attached hydrogen (secondary N) is 1. The SMILES string of the molecule is NC(Cc1cc2ccccc2o1)C(=O)NCCN1Cc2ccccc2OCC1=O. The van der Waals surface area contributed by atoms with Gasteiger partial charge in [0.15, 0.2) is 6.61 Å². The van der Waals surface area contributed by atoms with E-state index in [1.54, 1.807) is 4.90 Å². The minimum Gasteiger partial charge on any atom is -0.483 e. The zero-order valence-electron chi connectivity index (χ0n) is 16.0. The lowest BCUT2D eigenvalue weighted by atomic mass is 10.1. The third-order valence-corrected chi connectivity index (χ3v) is 4.95. The number of para-hydroxylation sites is 2. The Bertz CT molecular complexity index is 997. The third-order valence-electron chi connectivity index (χ3n) is 4.95. The molecule has 1 atom stereocenters. The van der Waals surface area contributed by atoms with E-state index in [0.717, 1.165) is 22.3 Å². The highest BCUT2D eigenvalue weighted by atomic mass is 16.5. The molecule has 2 aromatic carbocycles. The van der Waals surface area contributed by atoms with E-state index in [2.05, 4.69) is 5.32 Å². The van der Waals surface area contributed by atoms with Gasteiger partial charge in [0.05, 0.1) is 6.04 Å². The van der Waals surface area contributed by atoms with E-state index in [0.29, 0.717) is 31.8 Å². The fraction of sp³-hybridized carbons (Fsp3) is 0.273. The molecule has 7 heteroatoms. The first-order valence-corrected chi connectivity index (χ1v) is 9.59. The van der Waals surface area contributed by atoms with Gasteiger partial charge in [-0.2, -0.15) is 0 Å². The molecule has 0 spiro atoms. The van der Waals surface area contributed by atoms with Gasteiger partial charge in [0.1, 0.15) is 17.1 Å². The topological polar surface area (TPSA) is 97.8 Å². The quantitative estimate of drug-likeness (QED) is 0.666. The number of carbonyl (C=O) groups is 2. The molecule has 0 aliphatic carbocycles. The van der Waals surface area contributed by atoms with Gasteiger partial charge in [0.25, 0.3) is 5.91 Å². The smallest absolute Gasteiger partial charge is 0.260 e. The number of ether oxygens (including phenoxy) is 1. The van der Waals surface area contributed by atoms with Gasteiger partial charge in [0, 0.05) is 37.0 Å². The lowest BCUT2D eigenvalue weighted by molar-refractivity contribution is -0.133. The highest BCUT2D eigenvalue weighted by Gasteiger charge is 2.22. The number of benzene rings is 2. The van der Waals surface area contributed by atoms with Crippen LogP contribution in [0.5, 0.6) is 5.75 Å². The van der Waals surface area contributed by atoms with Crippen LogP contribution in [0.4, 0.5) is 0 Å². The van der Waals surface area contributed by atoms with Crippen LogP contribution in [0.3, 0.4) is 0 Å². The van der Waals surface area contributed by atoms with E-state index in [9.17, 15) is 9.59 Å². The molecule has 0 saturated carbocycles. The summed E-state index contributed by atoms with van der Waals surface area (Å²) in [6, 6.07) is 16.4. The van der Waals surface area contributed by atoms with Gasteiger partial charge in [-0.25, -0.2) is 0 Å². The molecular formula is C22H23N3O4. The highest BCUT2D eigenvalue weighted by molar-refractivity contribution is 5.83. The van der Waals surface area contributed by atoms with Crippen molar-refractivity contribution in [1.82, 2.24) is 10.2 Å². The van der Waals surface area contributed by atoms with Crippen LogP contribution in [0.2, 0.25) is 0 Å².